The predicted octanol–water partition coefficient (Wildman–Crippen LogP) is 2.50. The molecule has 2 rings (SSSR count). The molecular weight excluding hydrogens is 214 g/mol. The average Bonchev–Trinajstić information content (AvgIpc) is 3.02. The molecule has 0 aromatic heterocycles. The molecule has 2 fully saturated rings. The van der Waals surface area contributed by atoms with Crippen molar-refractivity contribution in [2.45, 2.75) is 58.4 Å². The SMILES string of the molecule is CCOC(=O)C1(NCC2CC2)CCCC1(C)C. The van der Waals surface area contributed by atoms with Crippen molar-refractivity contribution in [3.63, 3.8) is 0 Å². The fourth-order valence-electron chi connectivity index (χ4n) is 3.02. The van der Waals surface area contributed by atoms with Crippen molar-refractivity contribution < 1.29 is 9.53 Å². The molecule has 0 aromatic carbocycles. The van der Waals surface area contributed by atoms with E-state index in [9.17, 15) is 4.79 Å². The molecule has 1 N–H and O–H groups in total. The fraction of sp³-hybridized carbons (Fsp3) is 0.929. The van der Waals surface area contributed by atoms with E-state index in [1.54, 1.807) is 0 Å². The molecule has 1 atom stereocenters. The van der Waals surface area contributed by atoms with Crippen LogP contribution in [0.2, 0.25) is 0 Å². The van der Waals surface area contributed by atoms with Gasteiger partial charge in [0.25, 0.3) is 0 Å². The maximum absolute atomic E-state index is 12.3. The van der Waals surface area contributed by atoms with Crippen molar-refractivity contribution in [3.8, 4) is 0 Å². The van der Waals surface area contributed by atoms with E-state index in [2.05, 4.69) is 19.2 Å². The maximum Gasteiger partial charge on any atom is 0.326 e. The highest BCUT2D eigenvalue weighted by Gasteiger charge is 2.55. The number of nitrogens with one attached hydrogen (secondary N) is 1. The number of carbonyl (C=O) groups is 1. The molecule has 2 aliphatic rings. The predicted molar refractivity (Wildman–Crippen MR) is 67.7 cm³/mol. The van der Waals surface area contributed by atoms with E-state index in [1.165, 1.54) is 12.8 Å². The Hall–Kier alpha value is -0.570. The van der Waals surface area contributed by atoms with Gasteiger partial charge in [-0.05, 0) is 50.5 Å². The summed E-state index contributed by atoms with van der Waals surface area (Å²) in [5.74, 6) is 0.751. The second-order valence-electron chi connectivity index (χ2n) is 6.19. The second-order valence-corrected chi connectivity index (χ2v) is 6.19. The Morgan fingerprint density at radius 3 is 2.53 bits per heavy atom. The number of esters is 1. The number of ether oxygens (including phenoxy) is 1. The second kappa shape index (κ2) is 4.60. The van der Waals surface area contributed by atoms with Crippen LogP contribution in [0.25, 0.3) is 0 Å². The molecule has 0 aromatic rings. The summed E-state index contributed by atoms with van der Waals surface area (Å²) in [4.78, 5) is 12.3. The molecule has 0 saturated heterocycles. The zero-order chi connectivity index (χ0) is 12.5. The Bertz CT molecular complexity index is 297. The van der Waals surface area contributed by atoms with Gasteiger partial charge in [0.1, 0.15) is 5.54 Å². The minimum absolute atomic E-state index is 0.00808. The Morgan fingerprint density at radius 1 is 1.35 bits per heavy atom. The highest BCUT2D eigenvalue weighted by Crippen LogP contribution is 2.47. The molecule has 0 aliphatic heterocycles. The molecule has 17 heavy (non-hydrogen) atoms. The van der Waals surface area contributed by atoms with E-state index in [0.29, 0.717) is 6.61 Å². The Labute approximate surface area is 104 Å². The highest BCUT2D eigenvalue weighted by molar-refractivity contribution is 5.82. The van der Waals surface area contributed by atoms with Gasteiger partial charge in [-0.15, -0.1) is 0 Å². The van der Waals surface area contributed by atoms with E-state index in [4.69, 9.17) is 4.74 Å². The van der Waals surface area contributed by atoms with Gasteiger partial charge in [0.2, 0.25) is 0 Å². The van der Waals surface area contributed by atoms with E-state index in [0.717, 1.165) is 31.7 Å². The van der Waals surface area contributed by atoms with Gasteiger partial charge in [-0.1, -0.05) is 20.3 Å². The van der Waals surface area contributed by atoms with Crippen LogP contribution >= 0.6 is 0 Å². The summed E-state index contributed by atoms with van der Waals surface area (Å²) < 4.78 is 5.32. The summed E-state index contributed by atoms with van der Waals surface area (Å²) in [5, 5.41) is 3.56. The van der Waals surface area contributed by atoms with Gasteiger partial charge in [-0.2, -0.15) is 0 Å². The van der Waals surface area contributed by atoms with Crippen LogP contribution in [0.5, 0.6) is 0 Å². The summed E-state index contributed by atoms with van der Waals surface area (Å²) in [7, 11) is 0. The Kier molecular flexibility index (Phi) is 3.48. The van der Waals surface area contributed by atoms with Gasteiger partial charge in [-0.25, -0.2) is 0 Å². The minimum atomic E-state index is -0.439. The minimum Gasteiger partial charge on any atom is -0.465 e. The zero-order valence-corrected chi connectivity index (χ0v) is 11.3. The first-order chi connectivity index (χ1) is 8.02. The molecule has 3 nitrogen and oxygen atoms in total. The first-order valence-electron chi connectivity index (χ1n) is 6.94. The van der Waals surface area contributed by atoms with E-state index in [-0.39, 0.29) is 11.4 Å². The van der Waals surface area contributed by atoms with Crippen molar-refractivity contribution in [3.05, 3.63) is 0 Å². The van der Waals surface area contributed by atoms with Gasteiger partial charge in [0, 0.05) is 0 Å². The van der Waals surface area contributed by atoms with Crippen LogP contribution in [-0.4, -0.2) is 24.7 Å². The fourth-order valence-corrected chi connectivity index (χ4v) is 3.02. The lowest BCUT2D eigenvalue weighted by Gasteiger charge is -2.40. The molecule has 1 unspecified atom stereocenters. The smallest absolute Gasteiger partial charge is 0.326 e. The summed E-state index contributed by atoms with van der Waals surface area (Å²) in [6, 6.07) is 0. The summed E-state index contributed by atoms with van der Waals surface area (Å²) in [5.41, 5.74) is -0.431. The largest absolute Gasteiger partial charge is 0.465 e. The van der Waals surface area contributed by atoms with Gasteiger partial charge >= 0.3 is 5.97 Å². The molecule has 3 heteroatoms. The first-order valence-corrected chi connectivity index (χ1v) is 6.94. The lowest BCUT2D eigenvalue weighted by atomic mass is 9.74. The maximum atomic E-state index is 12.3. The van der Waals surface area contributed by atoms with Gasteiger partial charge < -0.3 is 10.1 Å². The van der Waals surface area contributed by atoms with E-state index in [1.807, 2.05) is 6.92 Å². The van der Waals surface area contributed by atoms with Crippen LogP contribution in [0.15, 0.2) is 0 Å². The van der Waals surface area contributed by atoms with Crippen LogP contribution < -0.4 is 5.32 Å². The summed E-state index contributed by atoms with van der Waals surface area (Å²) in [6.07, 6.45) is 5.76. The normalized spacial score (nSPS) is 31.5. The van der Waals surface area contributed by atoms with Crippen molar-refractivity contribution in [1.82, 2.24) is 5.32 Å². The zero-order valence-electron chi connectivity index (χ0n) is 11.3. The Balaban J connectivity index is 2.11. The third-order valence-corrected chi connectivity index (χ3v) is 4.52. The number of hydrogen-bond donors (Lipinski definition) is 1. The third-order valence-electron chi connectivity index (χ3n) is 4.52. The molecule has 0 bridgehead atoms. The van der Waals surface area contributed by atoms with Gasteiger partial charge in [0.15, 0.2) is 0 Å². The quantitative estimate of drug-likeness (QED) is 0.749. The van der Waals surface area contributed by atoms with Gasteiger partial charge in [0.05, 0.1) is 6.61 Å². The molecule has 2 aliphatic carbocycles. The van der Waals surface area contributed by atoms with E-state index < -0.39 is 5.54 Å². The summed E-state index contributed by atoms with van der Waals surface area (Å²) >= 11 is 0. The Morgan fingerprint density at radius 2 is 2.06 bits per heavy atom. The average molecular weight is 239 g/mol. The monoisotopic (exact) mass is 239 g/mol. The number of rotatable bonds is 5. The molecule has 0 radical (unpaired) electrons. The number of hydrogen-bond acceptors (Lipinski definition) is 3. The van der Waals surface area contributed by atoms with Crippen LogP contribution in [0.3, 0.4) is 0 Å². The molecular formula is C14H25NO2. The standard InChI is InChI=1S/C14H25NO2/c1-4-17-12(16)14(15-10-11-6-7-11)9-5-8-13(14,2)3/h11,15H,4-10H2,1-3H3. The van der Waals surface area contributed by atoms with E-state index >= 15 is 0 Å². The molecule has 98 valence electrons. The lowest BCUT2D eigenvalue weighted by molar-refractivity contribution is -0.155. The molecule has 0 amide bonds. The van der Waals surface area contributed by atoms with Crippen molar-refractivity contribution >= 4 is 5.97 Å². The first kappa shape index (κ1) is 12.9. The van der Waals surface area contributed by atoms with Gasteiger partial charge in [-0.3, -0.25) is 4.79 Å². The van der Waals surface area contributed by atoms with Crippen LogP contribution in [-0.2, 0) is 9.53 Å². The van der Waals surface area contributed by atoms with Crippen LogP contribution in [0.1, 0.15) is 52.9 Å². The van der Waals surface area contributed by atoms with Crippen LogP contribution in [0.4, 0.5) is 0 Å². The van der Waals surface area contributed by atoms with Crippen LogP contribution in [0, 0.1) is 11.3 Å². The third kappa shape index (κ3) is 2.35. The van der Waals surface area contributed by atoms with Crippen molar-refractivity contribution in [1.29, 1.82) is 0 Å². The van der Waals surface area contributed by atoms with Crippen molar-refractivity contribution in [2.75, 3.05) is 13.2 Å². The molecule has 2 saturated carbocycles. The highest BCUT2D eigenvalue weighted by atomic mass is 16.5. The number of carbonyl (C=O) groups excluding carboxylic acids is 1. The van der Waals surface area contributed by atoms with Crippen molar-refractivity contribution in [2.24, 2.45) is 11.3 Å². The topological polar surface area (TPSA) is 38.3 Å². The molecule has 0 spiro atoms. The lowest BCUT2D eigenvalue weighted by Crippen LogP contribution is -2.59. The summed E-state index contributed by atoms with van der Waals surface area (Å²) in [6.45, 7) is 7.71. The molecule has 0 heterocycles.